The highest BCUT2D eigenvalue weighted by Crippen LogP contribution is 2.30. The lowest BCUT2D eigenvalue weighted by atomic mass is 10.1. The molecule has 1 aromatic heterocycles. The molecule has 0 aliphatic carbocycles. The number of alkyl halides is 3. The Morgan fingerprint density at radius 2 is 2.19 bits per heavy atom. The number of nitrogens with zero attached hydrogens (tertiary/aromatic N) is 1. The quantitative estimate of drug-likeness (QED) is 0.663. The van der Waals surface area contributed by atoms with Crippen molar-refractivity contribution in [3.63, 3.8) is 0 Å². The zero-order valence-corrected chi connectivity index (χ0v) is 11.1. The van der Waals surface area contributed by atoms with E-state index in [0.29, 0.717) is 11.0 Å². The van der Waals surface area contributed by atoms with Crippen LogP contribution in [0.3, 0.4) is 0 Å². The van der Waals surface area contributed by atoms with Gasteiger partial charge in [-0.15, -0.1) is 0 Å². The summed E-state index contributed by atoms with van der Waals surface area (Å²) in [5.41, 5.74) is 0.235. The van der Waals surface area contributed by atoms with Crippen LogP contribution in [0.4, 0.5) is 8.78 Å². The van der Waals surface area contributed by atoms with E-state index >= 15 is 0 Å². The van der Waals surface area contributed by atoms with Gasteiger partial charge in [-0.3, -0.25) is 4.79 Å². The molecule has 0 aliphatic rings. The predicted octanol–water partition coefficient (Wildman–Crippen LogP) is 3.30. The Kier molecular flexibility index (Phi) is 4.79. The molecule has 0 amide bonds. The minimum atomic E-state index is -2.75. The first kappa shape index (κ1) is 13.5. The second kappa shape index (κ2) is 5.67. The Bertz CT molecular complexity index is 413. The van der Waals surface area contributed by atoms with Gasteiger partial charge in [0.25, 0.3) is 6.43 Å². The summed E-state index contributed by atoms with van der Waals surface area (Å²) in [6.45, 7) is 0. The number of carboxylic acids is 1. The molecular weight excluding hydrogens is 352 g/mol. The van der Waals surface area contributed by atoms with Gasteiger partial charge in [0.05, 0.1) is 17.7 Å². The number of aliphatic carboxylic acids is 1. The standard InChI is InChI=1S/C9H7Br2F2NO2/c10-3-5-1-4(2-6(15)16)7(9(12)13)8(11)14-5/h1,9H,2-3H2,(H,15,16). The number of hydrogen-bond acceptors (Lipinski definition) is 2. The van der Waals surface area contributed by atoms with Crippen LogP contribution in [0.1, 0.15) is 23.2 Å². The van der Waals surface area contributed by atoms with Gasteiger partial charge in [-0.2, -0.15) is 0 Å². The minimum absolute atomic E-state index is 0.00398. The van der Waals surface area contributed by atoms with Crippen molar-refractivity contribution in [1.82, 2.24) is 4.98 Å². The van der Waals surface area contributed by atoms with Gasteiger partial charge in [-0.1, -0.05) is 15.9 Å². The molecule has 3 nitrogen and oxygen atoms in total. The number of aromatic nitrogens is 1. The van der Waals surface area contributed by atoms with Gasteiger partial charge in [0.1, 0.15) is 4.60 Å². The molecule has 16 heavy (non-hydrogen) atoms. The van der Waals surface area contributed by atoms with Crippen molar-refractivity contribution < 1.29 is 18.7 Å². The van der Waals surface area contributed by atoms with Crippen molar-refractivity contribution in [1.29, 1.82) is 0 Å². The van der Waals surface area contributed by atoms with Crippen LogP contribution < -0.4 is 0 Å². The summed E-state index contributed by atoms with van der Waals surface area (Å²) in [5, 5.41) is 9.01. The third-order valence-electron chi connectivity index (χ3n) is 1.85. The molecule has 0 saturated heterocycles. The summed E-state index contributed by atoms with van der Waals surface area (Å²) < 4.78 is 25.4. The fourth-order valence-corrected chi connectivity index (χ4v) is 2.18. The Morgan fingerprint density at radius 3 is 2.62 bits per heavy atom. The lowest BCUT2D eigenvalue weighted by Crippen LogP contribution is -2.07. The van der Waals surface area contributed by atoms with Crippen LogP contribution in [0.25, 0.3) is 0 Å². The summed E-state index contributed by atoms with van der Waals surface area (Å²) in [5.74, 6) is -1.15. The molecule has 0 bridgehead atoms. The summed E-state index contributed by atoms with van der Waals surface area (Å²) in [7, 11) is 0. The fraction of sp³-hybridized carbons (Fsp3) is 0.333. The van der Waals surface area contributed by atoms with Gasteiger partial charge in [0.15, 0.2) is 0 Å². The van der Waals surface area contributed by atoms with Crippen molar-refractivity contribution in [3.05, 3.63) is 27.5 Å². The summed E-state index contributed by atoms with van der Waals surface area (Å²) in [6, 6.07) is 1.37. The third-order valence-corrected chi connectivity index (χ3v) is 3.03. The molecule has 7 heteroatoms. The highest BCUT2D eigenvalue weighted by Gasteiger charge is 2.20. The molecule has 1 heterocycles. The number of pyridine rings is 1. The highest BCUT2D eigenvalue weighted by molar-refractivity contribution is 9.10. The molecule has 1 rings (SSSR count). The molecule has 0 atom stereocenters. The molecular formula is C9H7Br2F2NO2. The van der Waals surface area contributed by atoms with Gasteiger partial charge in [0, 0.05) is 5.33 Å². The molecule has 0 fully saturated rings. The van der Waals surface area contributed by atoms with Gasteiger partial charge in [0.2, 0.25) is 0 Å². The minimum Gasteiger partial charge on any atom is -0.481 e. The van der Waals surface area contributed by atoms with Gasteiger partial charge in [-0.05, 0) is 27.6 Å². The van der Waals surface area contributed by atoms with E-state index in [2.05, 4.69) is 36.8 Å². The second-order valence-corrected chi connectivity index (χ2v) is 4.29. The first-order valence-electron chi connectivity index (χ1n) is 4.19. The lowest BCUT2D eigenvalue weighted by Gasteiger charge is -2.10. The fourth-order valence-electron chi connectivity index (χ4n) is 1.24. The number of carboxylic acid groups (broad SMARTS) is 1. The molecule has 0 spiro atoms. The van der Waals surface area contributed by atoms with Gasteiger partial charge in [-0.25, -0.2) is 13.8 Å². The van der Waals surface area contributed by atoms with Crippen molar-refractivity contribution in [3.8, 4) is 0 Å². The first-order valence-corrected chi connectivity index (χ1v) is 6.11. The Morgan fingerprint density at radius 1 is 1.56 bits per heavy atom. The van der Waals surface area contributed by atoms with E-state index in [-0.39, 0.29) is 15.7 Å². The highest BCUT2D eigenvalue weighted by atomic mass is 79.9. The summed E-state index contributed by atoms with van der Waals surface area (Å²) in [6.07, 6.45) is -3.19. The third kappa shape index (κ3) is 3.21. The van der Waals surface area contributed by atoms with E-state index in [1.807, 2.05) is 0 Å². The van der Waals surface area contributed by atoms with Crippen LogP contribution >= 0.6 is 31.9 Å². The number of carbonyl (C=O) groups is 1. The molecule has 88 valence electrons. The van der Waals surface area contributed by atoms with Crippen molar-refractivity contribution in [2.75, 3.05) is 0 Å². The SMILES string of the molecule is O=C(O)Cc1cc(CBr)nc(Br)c1C(F)F. The van der Waals surface area contributed by atoms with Crippen molar-refractivity contribution in [2.24, 2.45) is 0 Å². The molecule has 0 unspecified atom stereocenters. The zero-order chi connectivity index (χ0) is 12.3. The largest absolute Gasteiger partial charge is 0.481 e. The smallest absolute Gasteiger partial charge is 0.307 e. The number of rotatable bonds is 4. The Hall–Kier alpha value is -0.560. The Balaban J connectivity index is 3.28. The van der Waals surface area contributed by atoms with E-state index in [9.17, 15) is 13.6 Å². The molecule has 0 saturated carbocycles. The monoisotopic (exact) mass is 357 g/mol. The molecule has 0 radical (unpaired) electrons. The van der Waals surface area contributed by atoms with Gasteiger partial charge < -0.3 is 5.11 Å². The maximum atomic E-state index is 12.7. The summed E-state index contributed by atoms with van der Waals surface area (Å²) in [4.78, 5) is 14.4. The van der Waals surface area contributed by atoms with E-state index in [4.69, 9.17) is 5.11 Å². The average Bonchev–Trinajstić information content (AvgIpc) is 2.14. The van der Waals surface area contributed by atoms with Crippen LogP contribution in [-0.4, -0.2) is 16.1 Å². The maximum absolute atomic E-state index is 12.7. The van der Waals surface area contributed by atoms with Gasteiger partial charge >= 0.3 is 5.97 Å². The second-order valence-electron chi connectivity index (χ2n) is 2.98. The van der Waals surface area contributed by atoms with Crippen molar-refractivity contribution in [2.45, 2.75) is 18.2 Å². The van der Waals surface area contributed by atoms with Crippen LogP contribution in [0, 0.1) is 0 Å². The zero-order valence-electron chi connectivity index (χ0n) is 7.88. The van der Waals surface area contributed by atoms with Crippen LogP contribution in [0.15, 0.2) is 10.7 Å². The maximum Gasteiger partial charge on any atom is 0.307 e. The number of hydrogen-bond donors (Lipinski definition) is 1. The van der Waals surface area contributed by atoms with Crippen LogP contribution in [-0.2, 0) is 16.5 Å². The Labute approximate surface area is 107 Å². The lowest BCUT2D eigenvalue weighted by molar-refractivity contribution is -0.136. The predicted molar refractivity (Wildman–Crippen MR) is 60.9 cm³/mol. The van der Waals surface area contributed by atoms with Crippen LogP contribution in [0.5, 0.6) is 0 Å². The topological polar surface area (TPSA) is 50.2 Å². The van der Waals surface area contributed by atoms with E-state index in [1.165, 1.54) is 6.07 Å². The average molecular weight is 359 g/mol. The van der Waals surface area contributed by atoms with E-state index in [0.717, 1.165) is 0 Å². The van der Waals surface area contributed by atoms with Crippen molar-refractivity contribution >= 4 is 37.8 Å². The number of halogens is 4. The molecule has 0 aromatic carbocycles. The first-order chi connectivity index (χ1) is 7.45. The molecule has 1 aromatic rings. The molecule has 0 aliphatic heterocycles. The van der Waals surface area contributed by atoms with Crippen LogP contribution in [0.2, 0.25) is 0 Å². The normalized spacial score (nSPS) is 10.8. The molecule has 1 N–H and O–H groups in total. The summed E-state index contributed by atoms with van der Waals surface area (Å²) >= 11 is 6.06. The van der Waals surface area contributed by atoms with E-state index < -0.39 is 18.8 Å². The van der Waals surface area contributed by atoms with E-state index in [1.54, 1.807) is 0 Å².